The smallest absolute Gasteiger partial charge is 0.339 e. The van der Waals surface area contributed by atoms with Crippen molar-refractivity contribution in [3.63, 3.8) is 0 Å². The molecule has 3 rings (SSSR count). The molecule has 0 radical (unpaired) electrons. The Morgan fingerprint density at radius 1 is 1.14 bits per heavy atom. The molecule has 1 aliphatic heterocycles. The summed E-state index contributed by atoms with van der Waals surface area (Å²) in [4.78, 5) is 51.0. The maximum Gasteiger partial charge on any atom is 0.339 e. The monoisotopic (exact) mass is 530 g/mol. The Morgan fingerprint density at radius 3 is 2.53 bits per heavy atom. The molecule has 8 nitrogen and oxygen atoms in total. The first kappa shape index (κ1) is 27.3. The Labute approximate surface area is 219 Å². The van der Waals surface area contributed by atoms with E-state index in [4.69, 9.17) is 21.1 Å². The number of nitrogens with zero attached hydrogens (tertiary/aromatic N) is 1. The lowest BCUT2D eigenvalue weighted by Gasteiger charge is -2.13. The number of anilines is 1. The Balaban J connectivity index is 1.64. The molecule has 0 aliphatic carbocycles. The van der Waals surface area contributed by atoms with Crippen molar-refractivity contribution in [2.24, 2.45) is 0 Å². The Morgan fingerprint density at radius 2 is 1.86 bits per heavy atom. The number of thioether (sulfide) groups is 1. The number of halogens is 1. The predicted molar refractivity (Wildman–Crippen MR) is 140 cm³/mol. The van der Waals surface area contributed by atoms with Gasteiger partial charge in [0.25, 0.3) is 11.1 Å². The number of carbonyl (C=O) groups is 4. The molecule has 0 aromatic heterocycles. The third kappa shape index (κ3) is 7.11. The summed E-state index contributed by atoms with van der Waals surface area (Å²) in [5.74, 6) is -1.04. The fourth-order valence-corrected chi connectivity index (χ4v) is 4.16. The zero-order valence-corrected chi connectivity index (χ0v) is 21.8. The van der Waals surface area contributed by atoms with E-state index in [1.54, 1.807) is 30.3 Å². The highest BCUT2D eigenvalue weighted by atomic mass is 35.5. The van der Waals surface area contributed by atoms with E-state index < -0.39 is 29.6 Å². The summed E-state index contributed by atoms with van der Waals surface area (Å²) in [6, 6.07) is 11.5. The highest BCUT2D eigenvalue weighted by molar-refractivity contribution is 8.18. The maximum atomic E-state index is 12.8. The third-order valence-electron chi connectivity index (χ3n) is 5.17. The molecule has 1 fully saturated rings. The topological polar surface area (TPSA) is 102 Å². The summed E-state index contributed by atoms with van der Waals surface area (Å²) in [5.41, 5.74) is 1.12. The molecular weight excluding hydrogens is 504 g/mol. The van der Waals surface area contributed by atoms with E-state index in [1.807, 2.05) is 20.8 Å². The van der Waals surface area contributed by atoms with Gasteiger partial charge in [-0.25, -0.2) is 4.79 Å². The van der Waals surface area contributed by atoms with Crippen LogP contribution in [0.1, 0.15) is 49.5 Å². The standard InChI is InChI=1S/C26H27ClN2O6S/c1-4-12-34-25(32)20-14-18(8-11-21(20)27)28-23(30)15-29-24(31)22(36-26(29)33)13-17-6-9-19(10-7-17)35-16(3)5-2/h6-11,13-14,16H,4-5,12,15H2,1-3H3,(H,28,30)/b22-13-/t16-/m1/s1. The highest BCUT2D eigenvalue weighted by Gasteiger charge is 2.36. The Hall–Kier alpha value is -3.30. The summed E-state index contributed by atoms with van der Waals surface area (Å²) in [6.45, 7) is 5.65. The molecule has 2 aromatic carbocycles. The summed E-state index contributed by atoms with van der Waals surface area (Å²) in [5, 5.41) is 2.23. The van der Waals surface area contributed by atoms with Gasteiger partial charge in [0.1, 0.15) is 12.3 Å². The molecule has 3 amide bonds. The van der Waals surface area contributed by atoms with Gasteiger partial charge in [0, 0.05) is 5.69 Å². The van der Waals surface area contributed by atoms with Gasteiger partial charge in [-0.3, -0.25) is 19.3 Å². The van der Waals surface area contributed by atoms with E-state index >= 15 is 0 Å². The average Bonchev–Trinajstić information content (AvgIpc) is 3.11. The SMILES string of the molecule is CCCOC(=O)c1cc(NC(=O)CN2C(=O)S/C(=C\c3ccc(O[C@H](C)CC)cc3)C2=O)ccc1Cl. The first-order valence-electron chi connectivity index (χ1n) is 11.5. The molecule has 0 saturated carbocycles. The van der Waals surface area contributed by atoms with E-state index in [0.717, 1.165) is 34.4 Å². The molecule has 0 bridgehead atoms. The number of nitrogens with one attached hydrogen (secondary N) is 1. The number of amides is 3. The van der Waals surface area contributed by atoms with Crippen LogP contribution in [0.4, 0.5) is 10.5 Å². The van der Waals surface area contributed by atoms with Gasteiger partial charge in [-0.15, -0.1) is 0 Å². The number of hydrogen-bond acceptors (Lipinski definition) is 7. The van der Waals surface area contributed by atoms with Gasteiger partial charge in [-0.2, -0.15) is 0 Å². The van der Waals surface area contributed by atoms with Crippen LogP contribution in [0.2, 0.25) is 5.02 Å². The van der Waals surface area contributed by atoms with Crippen LogP contribution in [-0.2, 0) is 14.3 Å². The number of carbonyl (C=O) groups excluding carboxylic acids is 4. The summed E-state index contributed by atoms with van der Waals surface area (Å²) in [6.07, 6.45) is 3.23. The van der Waals surface area contributed by atoms with Gasteiger partial charge in [-0.05, 0) is 73.5 Å². The second-order valence-electron chi connectivity index (χ2n) is 8.05. The number of imide groups is 1. The van der Waals surface area contributed by atoms with Crippen molar-refractivity contribution < 1.29 is 28.7 Å². The number of ether oxygens (including phenoxy) is 2. The van der Waals surface area contributed by atoms with Crippen LogP contribution in [-0.4, -0.2) is 47.2 Å². The van der Waals surface area contributed by atoms with E-state index in [9.17, 15) is 19.2 Å². The van der Waals surface area contributed by atoms with Crippen molar-refractivity contribution in [2.45, 2.75) is 39.7 Å². The van der Waals surface area contributed by atoms with Crippen LogP contribution in [0.5, 0.6) is 5.75 Å². The quantitative estimate of drug-likeness (QED) is 0.308. The van der Waals surface area contributed by atoms with Crippen molar-refractivity contribution in [3.05, 3.63) is 63.5 Å². The summed E-state index contributed by atoms with van der Waals surface area (Å²) >= 11 is 6.84. The molecule has 1 N–H and O–H groups in total. The Kier molecular flexibility index (Phi) is 9.55. The van der Waals surface area contributed by atoms with E-state index in [-0.39, 0.29) is 33.9 Å². The van der Waals surface area contributed by atoms with Gasteiger partial charge in [-0.1, -0.05) is 37.6 Å². The van der Waals surface area contributed by atoms with Gasteiger partial charge in [0.05, 0.1) is 28.2 Å². The number of esters is 1. The minimum absolute atomic E-state index is 0.0906. The van der Waals surface area contributed by atoms with Gasteiger partial charge >= 0.3 is 5.97 Å². The molecule has 10 heteroatoms. The lowest BCUT2D eigenvalue weighted by atomic mass is 10.2. The third-order valence-corrected chi connectivity index (χ3v) is 6.41. The molecule has 2 aromatic rings. The van der Waals surface area contributed by atoms with Crippen LogP contribution in [0.15, 0.2) is 47.4 Å². The van der Waals surface area contributed by atoms with Gasteiger partial charge in [0.2, 0.25) is 5.91 Å². The fourth-order valence-electron chi connectivity index (χ4n) is 3.12. The molecule has 0 spiro atoms. The van der Waals surface area contributed by atoms with Crippen LogP contribution in [0, 0.1) is 0 Å². The second kappa shape index (κ2) is 12.6. The number of rotatable bonds is 10. The minimum atomic E-state index is -0.603. The lowest BCUT2D eigenvalue weighted by molar-refractivity contribution is -0.127. The van der Waals surface area contributed by atoms with Crippen LogP contribution >= 0.6 is 23.4 Å². The predicted octanol–water partition coefficient (Wildman–Crippen LogP) is 5.76. The van der Waals surface area contributed by atoms with Crippen molar-refractivity contribution in [1.29, 1.82) is 0 Å². The van der Waals surface area contributed by atoms with Crippen molar-refractivity contribution in [3.8, 4) is 5.75 Å². The maximum absolute atomic E-state index is 12.8. The van der Waals surface area contributed by atoms with Crippen LogP contribution < -0.4 is 10.1 Å². The molecular formula is C26H27ClN2O6S. The van der Waals surface area contributed by atoms with E-state index in [1.165, 1.54) is 18.2 Å². The van der Waals surface area contributed by atoms with Crippen LogP contribution in [0.25, 0.3) is 6.08 Å². The highest BCUT2D eigenvalue weighted by Crippen LogP contribution is 2.32. The lowest BCUT2D eigenvalue weighted by Crippen LogP contribution is -2.36. The van der Waals surface area contributed by atoms with E-state index in [0.29, 0.717) is 6.42 Å². The molecule has 190 valence electrons. The molecule has 36 heavy (non-hydrogen) atoms. The largest absolute Gasteiger partial charge is 0.491 e. The molecule has 0 unspecified atom stereocenters. The van der Waals surface area contributed by atoms with Crippen molar-refractivity contribution >= 4 is 58.1 Å². The first-order chi connectivity index (χ1) is 17.2. The summed E-state index contributed by atoms with van der Waals surface area (Å²) in [7, 11) is 0. The zero-order chi connectivity index (χ0) is 26.2. The molecule has 1 heterocycles. The number of hydrogen-bond donors (Lipinski definition) is 1. The normalized spacial score (nSPS) is 15.2. The van der Waals surface area contributed by atoms with Crippen molar-refractivity contribution in [1.82, 2.24) is 4.90 Å². The van der Waals surface area contributed by atoms with Crippen molar-refractivity contribution in [2.75, 3.05) is 18.5 Å². The summed E-state index contributed by atoms with van der Waals surface area (Å²) < 4.78 is 10.8. The minimum Gasteiger partial charge on any atom is -0.491 e. The Bertz CT molecular complexity index is 1180. The van der Waals surface area contributed by atoms with Crippen LogP contribution in [0.3, 0.4) is 0 Å². The fraction of sp³-hybridized carbons (Fsp3) is 0.308. The van der Waals surface area contributed by atoms with Gasteiger partial charge in [0.15, 0.2) is 0 Å². The average molecular weight is 531 g/mol. The zero-order valence-electron chi connectivity index (χ0n) is 20.2. The van der Waals surface area contributed by atoms with E-state index in [2.05, 4.69) is 5.32 Å². The first-order valence-corrected chi connectivity index (χ1v) is 12.7. The van der Waals surface area contributed by atoms with Gasteiger partial charge < -0.3 is 14.8 Å². The molecule has 1 saturated heterocycles. The second-order valence-corrected chi connectivity index (χ2v) is 9.45. The molecule has 1 atom stereocenters. The number of benzene rings is 2. The molecule has 1 aliphatic rings.